The van der Waals surface area contributed by atoms with E-state index in [1.165, 1.54) is 19.3 Å². The lowest BCUT2D eigenvalue weighted by Crippen LogP contribution is -2.28. The fraction of sp³-hybridized carbons (Fsp3) is 0.571. The van der Waals surface area contributed by atoms with Crippen LogP contribution >= 0.6 is 0 Å². The molecule has 0 bridgehead atoms. The minimum absolute atomic E-state index is 0.162. The maximum absolute atomic E-state index is 5.66. The second-order valence-corrected chi connectivity index (χ2v) is 4.89. The van der Waals surface area contributed by atoms with Crippen LogP contribution in [0.4, 0.5) is 0 Å². The normalized spacial score (nSPS) is 16.4. The third kappa shape index (κ3) is 3.37. The van der Waals surface area contributed by atoms with Crippen molar-refractivity contribution in [3.05, 3.63) is 23.8 Å². The van der Waals surface area contributed by atoms with E-state index in [1.54, 1.807) is 14.2 Å². The number of nitrogens with one attached hydrogen (secondary N) is 1. The quantitative estimate of drug-likeness (QED) is 0.576. The van der Waals surface area contributed by atoms with Gasteiger partial charge in [-0.25, -0.2) is 0 Å². The van der Waals surface area contributed by atoms with Crippen LogP contribution in [0.25, 0.3) is 0 Å². The molecular formula is C14H22N2O2. The van der Waals surface area contributed by atoms with Gasteiger partial charge in [0.15, 0.2) is 0 Å². The first-order chi connectivity index (χ1) is 8.76. The zero-order valence-electron chi connectivity index (χ0n) is 11.1. The first kappa shape index (κ1) is 13.2. The average Bonchev–Trinajstić information content (AvgIpc) is 3.23. The zero-order valence-corrected chi connectivity index (χ0v) is 11.1. The lowest BCUT2D eigenvalue weighted by Gasteiger charge is -2.18. The molecule has 1 saturated carbocycles. The summed E-state index contributed by atoms with van der Waals surface area (Å²) in [5, 5.41) is 0. The average molecular weight is 250 g/mol. The van der Waals surface area contributed by atoms with E-state index in [0.29, 0.717) is 0 Å². The highest BCUT2D eigenvalue weighted by Crippen LogP contribution is 2.36. The maximum Gasteiger partial charge on any atom is 0.122 e. The van der Waals surface area contributed by atoms with Crippen molar-refractivity contribution in [2.45, 2.75) is 31.7 Å². The van der Waals surface area contributed by atoms with Gasteiger partial charge in [-0.15, -0.1) is 0 Å². The van der Waals surface area contributed by atoms with E-state index in [2.05, 4.69) is 5.43 Å². The Morgan fingerprint density at radius 2 is 1.83 bits per heavy atom. The third-order valence-electron chi connectivity index (χ3n) is 3.54. The van der Waals surface area contributed by atoms with Gasteiger partial charge in [0, 0.05) is 12.1 Å². The molecule has 3 N–H and O–H groups in total. The van der Waals surface area contributed by atoms with E-state index in [-0.39, 0.29) is 6.04 Å². The minimum Gasteiger partial charge on any atom is -0.497 e. The van der Waals surface area contributed by atoms with Gasteiger partial charge in [-0.3, -0.25) is 11.3 Å². The predicted molar refractivity (Wildman–Crippen MR) is 71.6 cm³/mol. The van der Waals surface area contributed by atoms with Crippen molar-refractivity contribution in [1.82, 2.24) is 5.43 Å². The molecule has 0 aromatic heterocycles. The molecule has 100 valence electrons. The van der Waals surface area contributed by atoms with Crippen LogP contribution in [-0.4, -0.2) is 14.2 Å². The molecule has 0 saturated heterocycles. The summed E-state index contributed by atoms with van der Waals surface area (Å²) in [5.41, 5.74) is 4.01. The Morgan fingerprint density at radius 1 is 1.22 bits per heavy atom. The highest BCUT2D eigenvalue weighted by Gasteiger charge is 2.23. The van der Waals surface area contributed by atoms with Gasteiger partial charge in [-0.1, -0.05) is 12.8 Å². The highest BCUT2D eigenvalue weighted by molar-refractivity contribution is 5.39. The number of hydrazine groups is 1. The molecule has 1 aromatic rings. The summed E-state index contributed by atoms with van der Waals surface area (Å²) in [7, 11) is 3.32. The summed E-state index contributed by atoms with van der Waals surface area (Å²) in [4.78, 5) is 0. The van der Waals surface area contributed by atoms with Gasteiger partial charge < -0.3 is 9.47 Å². The fourth-order valence-electron chi connectivity index (χ4n) is 2.19. The van der Waals surface area contributed by atoms with Crippen LogP contribution in [-0.2, 0) is 0 Å². The smallest absolute Gasteiger partial charge is 0.122 e. The number of ether oxygens (including phenoxy) is 2. The summed E-state index contributed by atoms with van der Waals surface area (Å²) in [5.74, 6) is 8.18. The third-order valence-corrected chi connectivity index (χ3v) is 3.54. The Hall–Kier alpha value is -1.26. The van der Waals surface area contributed by atoms with Crippen LogP contribution in [0.5, 0.6) is 11.5 Å². The second-order valence-electron chi connectivity index (χ2n) is 4.89. The molecule has 1 aromatic carbocycles. The van der Waals surface area contributed by atoms with Crippen molar-refractivity contribution in [2.75, 3.05) is 14.2 Å². The van der Waals surface area contributed by atoms with E-state index >= 15 is 0 Å². The van der Waals surface area contributed by atoms with Crippen LogP contribution in [0.3, 0.4) is 0 Å². The van der Waals surface area contributed by atoms with Crippen LogP contribution in [0.15, 0.2) is 18.2 Å². The van der Waals surface area contributed by atoms with Crippen LogP contribution in [0, 0.1) is 5.92 Å². The topological polar surface area (TPSA) is 56.5 Å². The highest BCUT2D eigenvalue weighted by atomic mass is 16.5. The zero-order chi connectivity index (χ0) is 13.0. The molecule has 1 aliphatic carbocycles. The summed E-state index contributed by atoms with van der Waals surface area (Å²) >= 11 is 0. The van der Waals surface area contributed by atoms with E-state index in [9.17, 15) is 0 Å². The van der Waals surface area contributed by atoms with Gasteiger partial charge in [-0.2, -0.15) is 0 Å². The molecule has 1 atom stereocenters. The molecule has 4 heteroatoms. The molecule has 1 aliphatic rings. The number of benzene rings is 1. The Kier molecular flexibility index (Phi) is 4.44. The fourth-order valence-corrected chi connectivity index (χ4v) is 2.19. The van der Waals surface area contributed by atoms with Gasteiger partial charge >= 0.3 is 0 Å². The van der Waals surface area contributed by atoms with Crippen molar-refractivity contribution >= 4 is 0 Å². The van der Waals surface area contributed by atoms with Gasteiger partial charge in [0.05, 0.1) is 14.2 Å². The number of hydrogen-bond donors (Lipinski definition) is 2. The van der Waals surface area contributed by atoms with Gasteiger partial charge in [0.25, 0.3) is 0 Å². The molecule has 0 aliphatic heterocycles. The minimum atomic E-state index is 0.162. The summed E-state index contributed by atoms with van der Waals surface area (Å²) < 4.78 is 10.6. The van der Waals surface area contributed by atoms with E-state index in [1.807, 2.05) is 18.2 Å². The van der Waals surface area contributed by atoms with Crippen molar-refractivity contribution < 1.29 is 9.47 Å². The molecule has 18 heavy (non-hydrogen) atoms. The number of methoxy groups -OCH3 is 2. The molecule has 0 radical (unpaired) electrons. The van der Waals surface area contributed by atoms with Gasteiger partial charge in [0.1, 0.15) is 11.5 Å². The molecule has 2 rings (SSSR count). The van der Waals surface area contributed by atoms with E-state index < -0.39 is 0 Å². The standard InChI is InChI=1S/C14H22N2O2/c1-17-12-7-11(8-13(9-12)18-2)14(16-15)6-5-10-3-4-10/h7-10,14,16H,3-6,15H2,1-2H3. The molecule has 0 heterocycles. The molecule has 4 nitrogen and oxygen atoms in total. The van der Waals surface area contributed by atoms with Crippen molar-refractivity contribution in [3.63, 3.8) is 0 Å². The van der Waals surface area contributed by atoms with Crippen molar-refractivity contribution in [2.24, 2.45) is 11.8 Å². The Balaban J connectivity index is 2.11. The first-order valence-corrected chi connectivity index (χ1v) is 6.46. The van der Waals surface area contributed by atoms with E-state index in [0.717, 1.165) is 29.4 Å². The Morgan fingerprint density at radius 3 is 2.28 bits per heavy atom. The SMILES string of the molecule is COc1cc(OC)cc(C(CCC2CC2)NN)c1. The monoisotopic (exact) mass is 250 g/mol. The van der Waals surface area contributed by atoms with Crippen LogP contribution in [0.1, 0.15) is 37.3 Å². The van der Waals surface area contributed by atoms with Crippen molar-refractivity contribution in [1.29, 1.82) is 0 Å². The molecule has 0 spiro atoms. The van der Waals surface area contributed by atoms with Crippen LogP contribution in [0.2, 0.25) is 0 Å². The summed E-state index contributed by atoms with van der Waals surface area (Å²) in [6.07, 6.45) is 5.03. The second kappa shape index (κ2) is 6.07. The van der Waals surface area contributed by atoms with E-state index in [4.69, 9.17) is 15.3 Å². The number of rotatable bonds is 7. The molecule has 1 fully saturated rings. The number of nitrogens with two attached hydrogens (primary N) is 1. The molecule has 1 unspecified atom stereocenters. The lowest BCUT2D eigenvalue weighted by atomic mass is 10.0. The first-order valence-electron chi connectivity index (χ1n) is 6.46. The molecular weight excluding hydrogens is 228 g/mol. The number of hydrogen-bond acceptors (Lipinski definition) is 4. The Labute approximate surface area is 108 Å². The molecule has 0 amide bonds. The lowest BCUT2D eigenvalue weighted by molar-refractivity contribution is 0.390. The van der Waals surface area contributed by atoms with Crippen molar-refractivity contribution in [3.8, 4) is 11.5 Å². The summed E-state index contributed by atoms with van der Waals surface area (Å²) in [6, 6.07) is 6.06. The predicted octanol–water partition coefficient (Wildman–Crippen LogP) is 2.40. The van der Waals surface area contributed by atoms with Crippen LogP contribution < -0.4 is 20.7 Å². The maximum atomic E-state index is 5.66. The largest absolute Gasteiger partial charge is 0.497 e. The Bertz CT molecular complexity index is 369. The summed E-state index contributed by atoms with van der Waals surface area (Å²) in [6.45, 7) is 0. The van der Waals surface area contributed by atoms with Gasteiger partial charge in [0.2, 0.25) is 0 Å². The van der Waals surface area contributed by atoms with Gasteiger partial charge in [-0.05, 0) is 36.5 Å².